The van der Waals surface area contributed by atoms with Gasteiger partial charge in [0, 0.05) is 39.0 Å². The van der Waals surface area contributed by atoms with Gasteiger partial charge in [0.1, 0.15) is 11.9 Å². The van der Waals surface area contributed by atoms with Crippen LogP contribution in [0, 0.1) is 5.41 Å². The number of allylic oxidation sites excluding steroid dienone is 1. The van der Waals surface area contributed by atoms with Gasteiger partial charge in [-0.3, -0.25) is 4.79 Å². The monoisotopic (exact) mass is 350 g/mol. The van der Waals surface area contributed by atoms with Crippen molar-refractivity contribution in [1.29, 1.82) is 5.41 Å². The Morgan fingerprint density at radius 3 is 2.52 bits per heavy atom. The summed E-state index contributed by atoms with van der Waals surface area (Å²) in [4.78, 5) is 15.0. The Kier molecular flexibility index (Phi) is 6.69. The maximum Gasteiger partial charge on any atom is 0.290 e. The molecule has 2 saturated heterocycles. The van der Waals surface area contributed by atoms with Crippen LogP contribution in [0.3, 0.4) is 0 Å². The molecule has 2 aliphatic heterocycles. The van der Waals surface area contributed by atoms with E-state index < -0.39 is 0 Å². The third kappa shape index (κ3) is 4.95. The van der Waals surface area contributed by atoms with Crippen molar-refractivity contribution in [2.24, 2.45) is 0 Å². The molecule has 1 aliphatic carbocycles. The van der Waals surface area contributed by atoms with Crippen LogP contribution in [0.4, 0.5) is 0 Å². The Balaban J connectivity index is 1.77. The van der Waals surface area contributed by atoms with E-state index in [1.54, 1.807) is 0 Å². The van der Waals surface area contributed by atoms with Crippen LogP contribution >= 0.6 is 0 Å². The predicted octanol–water partition coefficient (Wildman–Crippen LogP) is 1.35. The molecule has 3 N–H and O–H groups in total. The number of amides is 1. The third-order valence-corrected chi connectivity index (χ3v) is 5.09. The molecular weight excluding hydrogens is 320 g/mol. The first-order valence-electron chi connectivity index (χ1n) is 9.57. The number of carbonyl (C=O) groups is 1. The zero-order valence-corrected chi connectivity index (χ0v) is 14.9. The molecule has 0 aromatic carbocycles. The SMILES string of the molecule is N=CC(=C(OC1CCCC1)C(=O)NC1CCCCO1)N1CCNCC1. The fraction of sp³-hybridized carbons (Fsp3) is 0.778. The zero-order chi connectivity index (χ0) is 17.5. The minimum Gasteiger partial charge on any atom is -0.483 e. The molecule has 7 nitrogen and oxygen atoms in total. The van der Waals surface area contributed by atoms with Gasteiger partial charge in [0.15, 0.2) is 0 Å². The quantitative estimate of drug-likeness (QED) is 0.382. The first-order chi connectivity index (χ1) is 12.3. The van der Waals surface area contributed by atoms with Gasteiger partial charge < -0.3 is 30.4 Å². The summed E-state index contributed by atoms with van der Waals surface area (Å²) in [5.74, 6) is 0.0359. The average Bonchev–Trinajstić information content (AvgIpc) is 3.16. The van der Waals surface area contributed by atoms with Gasteiger partial charge in [-0.2, -0.15) is 0 Å². The van der Waals surface area contributed by atoms with E-state index in [1.165, 1.54) is 6.21 Å². The predicted molar refractivity (Wildman–Crippen MR) is 95.3 cm³/mol. The Morgan fingerprint density at radius 1 is 1.16 bits per heavy atom. The van der Waals surface area contributed by atoms with Crippen LogP contribution in [0.25, 0.3) is 0 Å². The molecule has 7 heteroatoms. The van der Waals surface area contributed by atoms with E-state index in [0.717, 1.165) is 71.1 Å². The highest BCUT2D eigenvalue weighted by Gasteiger charge is 2.28. The first kappa shape index (κ1) is 18.2. The second-order valence-electron chi connectivity index (χ2n) is 6.95. The molecule has 3 aliphatic rings. The van der Waals surface area contributed by atoms with Crippen molar-refractivity contribution in [3.63, 3.8) is 0 Å². The Hall–Kier alpha value is -1.60. The molecule has 0 radical (unpaired) electrons. The fourth-order valence-corrected chi connectivity index (χ4v) is 3.68. The van der Waals surface area contributed by atoms with Gasteiger partial charge in [0.05, 0.1) is 6.10 Å². The number of rotatable bonds is 6. The molecule has 0 bridgehead atoms. The second kappa shape index (κ2) is 9.20. The summed E-state index contributed by atoms with van der Waals surface area (Å²) in [6.07, 6.45) is 8.24. The van der Waals surface area contributed by atoms with E-state index in [2.05, 4.69) is 15.5 Å². The highest BCUT2D eigenvalue weighted by Crippen LogP contribution is 2.25. The maximum atomic E-state index is 12.9. The van der Waals surface area contributed by atoms with Gasteiger partial charge in [-0.15, -0.1) is 0 Å². The minimum absolute atomic E-state index is 0.0749. The number of carbonyl (C=O) groups excluding carboxylic acids is 1. The van der Waals surface area contributed by atoms with Gasteiger partial charge >= 0.3 is 0 Å². The number of hydrogen-bond acceptors (Lipinski definition) is 6. The van der Waals surface area contributed by atoms with Crippen LogP contribution in [-0.4, -0.2) is 62.1 Å². The number of nitrogens with zero attached hydrogens (tertiary/aromatic N) is 1. The van der Waals surface area contributed by atoms with E-state index in [-0.39, 0.29) is 24.0 Å². The van der Waals surface area contributed by atoms with Crippen molar-refractivity contribution in [3.8, 4) is 0 Å². The molecule has 25 heavy (non-hydrogen) atoms. The molecule has 1 atom stereocenters. The normalized spacial score (nSPS) is 26.1. The van der Waals surface area contributed by atoms with Gasteiger partial charge in [0.2, 0.25) is 5.76 Å². The van der Waals surface area contributed by atoms with Crippen LogP contribution in [-0.2, 0) is 14.3 Å². The van der Waals surface area contributed by atoms with Crippen molar-refractivity contribution in [2.75, 3.05) is 32.8 Å². The van der Waals surface area contributed by atoms with Crippen molar-refractivity contribution < 1.29 is 14.3 Å². The molecule has 3 rings (SSSR count). The Bertz CT molecular complexity index is 491. The van der Waals surface area contributed by atoms with Crippen LogP contribution in [0.15, 0.2) is 11.5 Å². The van der Waals surface area contributed by atoms with Crippen LogP contribution in [0.5, 0.6) is 0 Å². The molecule has 2 heterocycles. The number of hydrogen-bond donors (Lipinski definition) is 3. The van der Waals surface area contributed by atoms with Gasteiger partial charge in [-0.25, -0.2) is 0 Å². The van der Waals surface area contributed by atoms with E-state index in [4.69, 9.17) is 14.9 Å². The van der Waals surface area contributed by atoms with Gasteiger partial charge in [-0.1, -0.05) is 0 Å². The molecular formula is C18H30N4O3. The first-order valence-corrected chi connectivity index (χ1v) is 9.57. The molecule has 0 spiro atoms. The van der Waals surface area contributed by atoms with E-state index in [1.807, 2.05) is 0 Å². The van der Waals surface area contributed by atoms with Crippen molar-refractivity contribution in [1.82, 2.24) is 15.5 Å². The van der Waals surface area contributed by atoms with Crippen molar-refractivity contribution in [3.05, 3.63) is 11.5 Å². The maximum absolute atomic E-state index is 12.9. The van der Waals surface area contributed by atoms with E-state index in [9.17, 15) is 4.79 Å². The number of piperazine rings is 1. The molecule has 140 valence electrons. The topological polar surface area (TPSA) is 86.7 Å². The van der Waals surface area contributed by atoms with Crippen molar-refractivity contribution >= 4 is 12.1 Å². The average molecular weight is 350 g/mol. The number of ether oxygens (including phenoxy) is 2. The molecule has 0 aromatic rings. The molecule has 1 unspecified atom stereocenters. The lowest BCUT2D eigenvalue weighted by atomic mass is 10.2. The zero-order valence-electron chi connectivity index (χ0n) is 14.9. The summed E-state index contributed by atoms with van der Waals surface area (Å²) in [6.45, 7) is 3.93. The van der Waals surface area contributed by atoms with Gasteiger partial charge in [0.25, 0.3) is 5.91 Å². The number of nitrogens with one attached hydrogen (secondary N) is 3. The summed E-state index contributed by atoms with van der Waals surface area (Å²) in [7, 11) is 0. The Morgan fingerprint density at radius 2 is 1.88 bits per heavy atom. The summed E-state index contributed by atoms with van der Waals surface area (Å²) in [5.41, 5.74) is 0.585. The summed E-state index contributed by atoms with van der Waals surface area (Å²) >= 11 is 0. The van der Waals surface area contributed by atoms with E-state index in [0.29, 0.717) is 12.3 Å². The molecule has 1 saturated carbocycles. The third-order valence-electron chi connectivity index (χ3n) is 5.09. The highest BCUT2D eigenvalue weighted by atomic mass is 16.5. The van der Waals surface area contributed by atoms with Gasteiger partial charge in [-0.05, 0) is 44.9 Å². The molecule has 3 fully saturated rings. The standard InChI is InChI=1S/C18H30N4O3/c19-13-15(22-10-8-20-9-11-22)17(25-14-5-1-2-6-14)18(23)21-16-7-3-4-12-24-16/h13-14,16,19-20H,1-12H2,(H,21,23). The molecule has 1 amide bonds. The highest BCUT2D eigenvalue weighted by molar-refractivity contribution is 5.97. The van der Waals surface area contributed by atoms with Crippen LogP contribution in [0.2, 0.25) is 0 Å². The fourth-order valence-electron chi connectivity index (χ4n) is 3.68. The molecule has 0 aromatic heterocycles. The van der Waals surface area contributed by atoms with Crippen LogP contribution in [0.1, 0.15) is 44.9 Å². The minimum atomic E-state index is -0.254. The smallest absolute Gasteiger partial charge is 0.290 e. The Labute approximate surface area is 149 Å². The van der Waals surface area contributed by atoms with Crippen LogP contribution < -0.4 is 10.6 Å². The summed E-state index contributed by atoms with van der Waals surface area (Å²) in [5, 5.41) is 14.1. The summed E-state index contributed by atoms with van der Waals surface area (Å²) in [6, 6.07) is 0. The lowest BCUT2D eigenvalue weighted by molar-refractivity contribution is -0.127. The second-order valence-corrected chi connectivity index (χ2v) is 6.95. The lowest BCUT2D eigenvalue weighted by Gasteiger charge is -2.32. The van der Waals surface area contributed by atoms with Crippen molar-refractivity contribution in [2.45, 2.75) is 57.3 Å². The van der Waals surface area contributed by atoms with E-state index >= 15 is 0 Å². The lowest BCUT2D eigenvalue weighted by Crippen LogP contribution is -2.46. The summed E-state index contributed by atoms with van der Waals surface area (Å²) < 4.78 is 11.8. The largest absolute Gasteiger partial charge is 0.483 e.